The van der Waals surface area contributed by atoms with Gasteiger partial charge in [0.05, 0.1) is 22.7 Å². The van der Waals surface area contributed by atoms with E-state index >= 15 is 0 Å². The Hall–Kier alpha value is -2.57. The van der Waals surface area contributed by atoms with Crippen molar-refractivity contribution < 1.29 is 22.8 Å². The van der Waals surface area contributed by atoms with E-state index in [9.17, 15) is 22.8 Å². The Morgan fingerprint density at radius 1 is 1.00 bits per heavy atom. The summed E-state index contributed by atoms with van der Waals surface area (Å²) >= 11 is 0. The molecule has 2 aliphatic rings. The highest BCUT2D eigenvalue weighted by atomic mass is 32.2. The van der Waals surface area contributed by atoms with Crippen LogP contribution in [0.4, 0.5) is 5.69 Å². The predicted molar refractivity (Wildman–Crippen MR) is 148 cm³/mol. The number of pyridine rings is 1. The maximum Gasteiger partial charge on any atom is 0.210 e. The first-order valence-electron chi connectivity index (χ1n) is 12.9. The zero-order valence-corrected chi connectivity index (χ0v) is 23.1. The molecule has 2 saturated heterocycles. The highest BCUT2D eigenvalue weighted by Gasteiger charge is 2.32. The maximum atomic E-state index is 13.8. The molecule has 0 spiro atoms. The number of β-amino-alcohol motifs (C(OH)–C–C–N with tert-alkyl or cyclic N) is 1. The summed E-state index contributed by atoms with van der Waals surface area (Å²) in [4.78, 5) is 12.2. The van der Waals surface area contributed by atoms with Gasteiger partial charge in [-0.2, -0.15) is 0 Å². The van der Waals surface area contributed by atoms with Gasteiger partial charge in [0.2, 0.25) is 9.84 Å². The summed E-state index contributed by atoms with van der Waals surface area (Å²) in [6.07, 6.45) is 4.84. The Kier molecular flexibility index (Phi) is 8.01. The fourth-order valence-electron chi connectivity index (χ4n) is 5.54. The number of piperazine rings is 1. The Balaban J connectivity index is 1.49. The number of aromatic hydroxyl groups is 1. The molecule has 3 aromatic rings. The molecule has 1 aromatic heterocycles. The van der Waals surface area contributed by atoms with E-state index < -0.39 is 20.6 Å². The van der Waals surface area contributed by atoms with Gasteiger partial charge in [-0.05, 0) is 55.3 Å². The molecular formula is C27H34N4O5S2. The number of anilines is 1. The summed E-state index contributed by atoms with van der Waals surface area (Å²) in [5, 5.41) is 19.6. The van der Waals surface area contributed by atoms with Crippen LogP contribution in [0.3, 0.4) is 0 Å². The molecule has 204 valence electrons. The number of fused-ring (bicyclic) bond motifs is 1. The van der Waals surface area contributed by atoms with E-state index in [1.54, 1.807) is 24.5 Å². The first kappa shape index (κ1) is 27.0. The number of hydrogen-bond acceptors (Lipinski definition) is 9. The fourth-order valence-corrected chi connectivity index (χ4v) is 7.52. The molecule has 0 radical (unpaired) electrons. The van der Waals surface area contributed by atoms with Crippen molar-refractivity contribution in [3.05, 3.63) is 48.7 Å². The molecule has 0 aliphatic carbocycles. The number of phenols is 1. The number of aliphatic hydroxyl groups is 1. The van der Waals surface area contributed by atoms with E-state index in [0.717, 1.165) is 39.0 Å². The van der Waals surface area contributed by atoms with Crippen LogP contribution in [0.25, 0.3) is 10.9 Å². The molecule has 2 fully saturated rings. The van der Waals surface area contributed by atoms with Crippen LogP contribution in [-0.4, -0.2) is 102 Å². The third kappa shape index (κ3) is 5.43. The van der Waals surface area contributed by atoms with E-state index in [1.807, 2.05) is 0 Å². The quantitative estimate of drug-likeness (QED) is 0.450. The molecule has 0 saturated carbocycles. The van der Waals surface area contributed by atoms with Gasteiger partial charge in [-0.3, -0.25) is 19.0 Å². The lowest BCUT2D eigenvalue weighted by Crippen LogP contribution is -2.53. The molecule has 2 N–H and O–H groups in total. The number of nitrogens with zero attached hydrogens (tertiary/aromatic N) is 4. The van der Waals surface area contributed by atoms with Gasteiger partial charge in [0.25, 0.3) is 0 Å². The Morgan fingerprint density at radius 2 is 1.68 bits per heavy atom. The van der Waals surface area contributed by atoms with Crippen LogP contribution in [0, 0.1) is 0 Å². The van der Waals surface area contributed by atoms with Crippen molar-refractivity contribution in [2.24, 2.45) is 0 Å². The second-order valence-corrected chi connectivity index (χ2v) is 13.2. The SMILES string of the molecule is CS(=O)c1ccc2ncc(S(=O)(=O)c3ccc(O)cc3)c(N3CCC(N4CCN(CCO)CC4)CC3)c2c1. The van der Waals surface area contributed by atoms with Crippen LogP contribution >= 0.6 is 0 Å². The lowest BCUT2D eigenvalue weighted by molar-refractivity contribution is 0.0747. The van der Waals surface area contributed by atoms with Crippen molar-refractivity contribution in [1.29, 1.82) is 0 Å². The van der Waals surface area contributed by atoms with E-state index in [4.69, 9.17) is 0 Å². The number of benzene rings is 2. The van der Waals surface area contributed by atoms with Crippen LogP contribution in [0.2, 0.25) is 0 Å². The summed E-state index contributed by atoms with van der Waals surface area (Å²) in [5.74, 6) is -0.00450. The first-order valence-corrected chi connectivity index (χ1v) is 15.9. The van der Waals surface area contributed by atoms with E-state index in [1.165, 1.54) is 30.5 Å². The molecule has 0 amide bonds. The van der Waals surface area contributed by atoms with Crippen molar-refractivity contribution >= 4 is 37.2 Å². The Bertz CT molecular complexity index is 1420. The molecular weight excluding hydrogens is 524 g/mol. The smallest absolute Gasteiger partial charge is 0.210 e. The van der Waals surface area contributed by atoms with Crippen LogP contribution in [0.15, 0.2) is 63.3 Å². The van der Waals surface area contributed by atoms with Crippen LogP contribution in [0.5, 0.6) is 5.75 Å². The average Bonchev–Trinajstić information content (AvgIpc) is 2.93. The van der Waals surface area contributed by atoms with E-state index in [-0.39, 0.29) is 22.1 Å². The minimum Gasteiger partial charge on any atom is -0.508 e. The van der Waals surface area contributed by atoms with Gasteiger partial charge in [0.15, 0.2) is 0 Å². The van der Waals surface area contributed by atoms with Gasteiger partial charge < -0.3 is 15.1 Å². The molecule has 1 atom stereocenters. The zero-order chi connectivity index (χ0) is 26.9. The molecule has 11 heteroatoms. The number of piperidine rings is 1. The lowest BCUT2D eigenvalue weighted by Gasteiger charge is -2.43. The highest BCUT2D eigenvalue weighted by molar-refractivity contribution is 7.91. The van der Waals surface area contributed by atoms with Crippen molar-refractivity contribution in [3.63, 3.8) is 0 Å². The molecule has 0 bridgehead atoms. The van der Waals surface area contributed by atoms with Crippen LogP contribution < -0.4 is 4.90 Å². The fraction of sp³-hybridized carbons (Fsp3) is 0.444. The third-order valence-corrected chi connectivity index (χ3v) is 10.4. The van der Waals surface area contributed by atoms with Gasteiger partial charge in [-0.1, -0.05) is 0 Å². The minimum atomic E-state index is -3.93. The van der Waals surface area contributed by atoms with E-state index in [0.29, 0.717) is 47.2 Å². The number of sulfone groups is 1. The van der Waals surface area contributed by atoms with Crippen molar-refractivity contribution in [3.8, 4) is 5.75 Å². The Morgan fingerprint density at radius 3 is 2.32 bits per heavy atom. The number of aromatic nitrogens is 1. The van der Waals surface area contributed by atoms with Crippen molar-refractivity contribution in [1.82, 2.24) is 14.8 Å². The van der Waals surface area contributed by atoms with Gasteiger partial charge in [-0.15, -0.1) is 0 Å². The van der Waals surface area contributed by atoms with E-state index in [2.05, 4.69) is 19.7 Å². The molecule has 5 rings (SSSR count). The van der Waals surface area contributed by atoms with Gasteiger partial charge in [0.1, 0.15) is 10.6 Å². The maximum absolute atomic E-state index is 13.8. The van der Waals surface area contributed by atoms with Gasteiger partial charge >= 0.3 is 0 Å². The molecule has 3 heterocycles. The summed E-state index contributed by atoms with van der Waals surface area (Å²) in [5.41, 5.74) is 1.25. The minimum absolute atomic E-state index is 0.00450. The average molecular weight is 559 g/mol. The summed E-state index contributed by atoms with van der Waals surface area (Å²) < 4.78 is 40.0. The predicted octanol–water partition coefficient (Wildman–Crippen LogP) is 2.09. The van der Waals surface area contributed by atoms with Crippen molar-refractivity contribution in [2.45, 2.75) is 33.6 Å². The number of aliphatic hydroxyl groups excluding tert-OH is 1. The first-order chi connectivity index (χ1) is 18.3. The number of phenolic OH excluding ortho intramolecular Hbond substituents is 1. The van der Waals surface area contributed by atoms with Crippen LogP contribution in [-0.2, 0) is 20.6 Å². The summed E-state index contributed by atoms with van der Waals surface area (Å²) in [6, 6.07) is 11.3. The molecule has 2 aliphatic heterocycles. The topological polar surface area (TPSA) is 114 Å². The molecule has 38 heavy (non-hydrogen) atoms. The largest absolute Gasteiger partial charge is 0.508 e. The van der Waals surface area contributed by atoms with Crippen LogP contribution in [0.1, 0.15) is 12.8 Å². The highest BCUT2D eigenvalue weighted by Crippen LogP contribution is 2.38. The molecule has 9 nitrogen and oxygen atoms in total. The molecule has 1 unspecified atom stereocenters. The van der Waals surface area contributed by atoms with Gasteiger partial charge in [-0.25, -0.2) is 8.42 Å². The lowest BCUT2D eigenvalue weighted by atomic mass is 10.0. The monoisotopic (exact) mass is 558 g/mol. The number of rotatable bonds is 7. The summed E-state index contributed by atoms with van der Waals surface area (Å²) in [6.45, 7) is 6.11. The number of hydrogen-bond donors (Lipinski definition) is 2. The zero-order valence-electron chi connectivity index (χ0n) is 21.5. The van der Waals surface area contributed by atoms with Crippen molar-refractivity contribution in [2.75, 3.05) is 63.6 Å². The summed E-state index contributed by atoms with van der Waals surface area (Å²) in [7, 11) is -5.16. The van der Waals surface area contributed by atoms with Gasteiger partial charge in [0, 0.05) is 85.4 Å². The normalized spacial score (nSPS) is 19.2. The second-order valence-electron chi connectivity index (χ2n) is 9.92. The second kappa shape index (κ2) is 11.3. The standard InChI is InChI=1S/C27H34N4O5S2/c1-37(34)22-4-7-25-24(18-22)27(26(19-28-25)38(35,36)23-5-2-21(33)3-6-23)31-10-8-20(9-11-31)30-14-12-29(13-15-30)16-17-32/h2-7,18-20,32-33H,8-17H2,1H3. The third-order valence-electron chi connectivity index (χ3n) is 7.67. The molecule has 2 aromatic carbocycles. The Labute approximate surface area is 226 Å².